The molecule has 1 aliphatic heterocycles. The van der Waals surface area contributed by atoms with E-state index < -0.39 is 71.2 Å². The Balaban J connectivity index is 2.54. The topological polar surface area (TPSA) is 186 Å². The molecule has 4 N–H and O–H groups in total. The van der Waals surface area contributed by atoms with E-state index in [2.05, 4.69) is 111 Å². The van der Waals surface area contributed by atoms with Crippen molar-refractivity contribution in [1.82, 2.24) is 0 Å². The standard InChI is InChI=1S/C47H74O12S/c1-3-5-7-9-11-13-15-17-19-20-22-24-26-28-30-32-34-36-43(49)58-40(38-57-47-46(52)45(51)44(50)41(59-47)39-60(53,54)55)37-56-42(48)35-33-31-29-27-25-23-21-18-16-14-12-10-8-6-4-2/h6-9,12-15,18-21,24-27,40-41,44-47,50-52H,3-5,10-11,16-17,22-23,28-39H2,1-2H3,(H,53,54,55)/b8-6+,9-7+,14-12+,15-13+,20-19+,21-18+,26-24+,27-25+/t40-,41-,44-,45?,46?,47+/m1/s1. The van der Waals surface area contributed by atoms with Crippen molar-refractivity contribution in [3.63, 3.8) is 0 Å². The monoisotopic (exact) mass is 862 g/mol. The molecule has 1 heterocycles. The Morgan fingerprint density at radius 2 is 1.05 bits per heavy atom. The summed E-state index contributed by atoms with van der Waals surface area (Å²) in [5.74, 6) is -2.10. The highest BCUT2D eigenvalue weighted by atomic mass is 32.2. The fourth-order valence-electron chi connectivity index (χ4n) is 5.77. The Bertz CT molecular complexity index is 1480. The molecule has 0 bridgehead atoms. The van der Waals surface area contributed by atoms with Crippen LogP contribution < -0.4 is 0 Å². The van der Waals surface area contributed by atoms with Crippen LogP contribution in [-0.2, 0) is 38.7 Å². The van der Waals surface area contributed by atoms with Gasteiger partial charge in [-0.2, -0.15) is 8.42 Å². The lowest BCUT2D eigenvalue weighted by Crippen LogP contribution is -2.60. The van der Waals surface area contributed by atoms with Gasteiger partial charge < -0.3 is 34.3 Å². The van der Waals surface area contributed by atoms with Gasteiger partial charge in [0.2, 0.25) is 0 Å². The van der Waals surface area contributed by atoms with Crippen LogP contribution in [0.2, 0.25) is 0 Å². The second-order valence-corrected chi connectivity index (χ2v) is 16.1. The minimum atomic E-state index is -4.62. The van der Waals surface area contributed by atoms with Gasteiger partial charge in [-0.05, 0) is 89.9 Å². The number of carbonyl (C=O) groups is 2. The van der Waals surface area contributed by atoms with Gasteiger partial charge in [0, 0.05) is 12.8 Å². The maximum Gasteiger partial charge on any atom is 0.306 e. The number of carbonyl (C=O) groups excluding carboxylic acids is 2. The Morgan fingerprint density at radius 1 is 0.583 bits per heavy atom. The van der Waals surface area contributed by atoms with Crippen molar-refractivity contribution in [2.75, 3.05) is 19.0 Å². The molecule has 2 unspecified atom stereocenters. The molecular formula is C47H74O12S. The van der Waals surface area contributed by atoms with Gasteiger partial charge in [-0.15, -0.1) is 0 Å². The lowest BCUT2D eigenvalue weighted by molar-refractivity contribution is -0.297. The van der Waals surface area contributed by atoms with E-state index in [1.54, 1.807) is 0 Å². The molecule has 1 saturated heterocycles. The van der Waals surface area contributed by atoms with Crippen molar-refractivity contribution in [3.8, 4) is 0 Å². The van der Waals surface area contributed by atoms with E-state index >= 15 is 0 Å². The number of aliphatic hydroxyl groups excluding tert-OH is 3. The van der Waals surface area contributed by atoms with Crippen molar-refractivity contribution < 1.29 is 56.8 Å². The molecule has 0 aliphatic carbocycles. The molecule has 0 saturated carbocycles. The summed E-state index contributed by atoms with van der Waals surface area (Å²) in [6.45, 7) is 3.49. The predicted molar refractivity (Wildman–Crippen MR) is 237 cm³/mol. The number of ether oxygens (including phenoxy) is 4. The molecule has 0 spiro atoms. The zero-order chi connectivity index (χ0) is 44.1. The summed E-state index contributed by atoms with van der Waals surface area (Å²) in [7, 11) is -4.62. The minimum Gasteiger partial charge on any atom is -0.462 e. The summed E-state index contributed by atoms with van der Waals surface area (Å²) in [4.78, 5) is 25.4. The summed E-state index contributed by atoms with van der Waals surface area (Å²) < 4.78 is 53.9. The number of hydrogen-bond acceptors (Lipinski definition) is 11. The Labute approximate surface area is 360 Å². The smallest absolute Gasteiger partial charge is 0.306 e. The van der Waals surface area contributed by atoms with Crippen LogP contribution >= 0.6 is 0 Å². The van der Waals surface area contributed by atoms with E-state index in [1.807, 2.05) is 0 Å². The van der Waals surface area contributed by atoms with Crippen molar-refractivity contribution in [1.29, 1.82) is 0 Å². The lowest BCUT2D eigenvalue weighted by Gasteiger charge is -2.40. The van der Waals surface area contributed by atoms with E-state index in [9.17, 15) is 37.9 Å². The molecular weight excluding hydrogens is 789 g/mol. The summed E-state index contributed by atoms with van der Waals surface area (Å²) in [5.41, 5.74) is 0. The average molecular weight is 863 g/mol. The van der Waals surface area contributed by atoms with E-state index in [0.29, 0.717) is 12.8 Å². The number of esters is 2. The van der Waals surface area contributed by atoms with E-state index in [4.69, 9.17) is 18.9 Å². The minimum absolute atomic E-state index is 0.111. The van der Waals surface area contributed by atoms with Crippen LogP contribution in [-0.4, -0.2) is 96.0 Å². The second kappa shape index (κ2) is 36.2. The second-order valence-electron chi connectivity index (χ2n) is 14.6. The zero-order valence-electron chi connectivity index (χ0n) is 36.0. The predicted octanol–water partition coefficient (Wildman–Crippen LogP) is 8.66. The molecule has 60 heavy (non-hydrogen) atoms. The van der Waals surface area contributed by atoms with Crippen LogP contribution in [0.25, 0.3) is 0 Å². The number of unbranched alkanes of at least 4 members (excludes halogenated alkanes) is 6. The summed E-state index contributed by atoms with van der Waals surface area (Å²) >= 11 is 0. The van der Waals surface area contributed by atoms with Crippen LogP contribution in [0.4, 0.5) is 0 Å². The third-order valence-corrected chi connectivity index (χ3v) is 9.88. The van der Waals surface area contributed by atoms with Crippen LogP contribution in [0, 0.1) is 0 Å². The van der Waals surface area contributed by atoms with Gasteiger partial charge >= 0.3 is 11.9 Å². The van der Waals surface area contributed by atoms with E-state index in [-0.39, 0.29) is 19.4 Å². The maximum absolute atomic E-state index is 12.8. The van der Waals surface area contributed by atoms with Crippen molar-refractivity contribution >= 4 is 22.1 Å². The quantitative estimate of drug-likeness (QED) is 0.0209. The van der Waals surface area contributed by atoms with Gasteiger partial charge in [0.15, 0.2) is 12.4 Å². The van der Waals surface area contributed by atoms with Crippen LogP contribution in [0.5, 0.6) is 0 Å². The Morgan fingerprint density at radius 3 is 1.57 bits per heavy atom. The van der Waals surface area contributed by atoms with E-state index in [0.717, 1.165) is 83.5 Å². The summed E-state index contributed by atoms with van der Waals surface area (Å²) in [6, 6.07) is 0. The molecule has 0 radical (unpaired) electrons. The van der Waals surface area contributed by atoms with Gasteiger partial charge in [0.1, 0.15) is 36.8 Å². The summed E-state index contributed by atoms with van der Waals surface area (Å²) in [6.07, 6.45) is 38.8. The highest BCUT2D eigenvalue weighted by molar-refractivity contribution is 7.85. The number of allylic oxidation sites excluding steroid dienone is 16. The van der Waals surface area contributed by atoms with Crippen LogP contribution in [0.15, 0.2) is 97.2 Å². The molecule has 1 rings (SSSR count). The molecule has 1 aliphatic rings. The molecule has 13 heteroatoms. The first-order valence-electron chi connectivity index (χ1n) is 21.8. The van der Waals surface area contributed by atoms with Gasteiger partial charge in [-0.1, -0.05) is 124 Å². The molecule has 340 valence electrons. The first-order chi connectivity index (χ1) is 29.0. The average Bonchev–Trinajstić information content (AvgIpc) is 3.21. The van der Waals surface area contributed by atoms with Gasteiger partial charge in [-0.3, -0.25) is 14.1 Å². The third kappa shape index (κ3) is 30.6. The number of aliphatic hydroxyl groups is 3. The normalized spacial score (nSPS) is 21.1. The Kier molecular flexibility index (Phi) is 33.0. The lowest BCUT2D eigenvalue weighted by atomic mass is 10.00. The van der Waals surface area contributed by atoms with Gasteiger partial charge in [0.25, 0.3) is 10.1 Å². The number of rotatable bonds is 34. The third-order valence-electron chi connectivity index (χ3n) is 9.13. The van der Waals surface area contributed by atoms with Gasteiger partial charge in [-0.25, -0.2) is 0 Å². The van der Waals surface area contributed by atoms with Crippen LogP contribution in [0.3, 0.4) is 0 Å². The first kappa shape index (κ1) is 54.6. The zero-order valence-corrected chi connectivity index (χ0v) is 36.8. The molecule has 0 amide bonds. The SMILES string of the molecule is CC/C=C/C/C=C/C/C=C/C/C=C/CCCCC(=O)OC[C@H](CO[C@H]1O[C@H](CS(=O)(=O)O)[C@@H](O)C(O)C1O)OC(=O)CCCCC/C=C/C/C=C/C/C=C/C/C=C/CCC. The largest absolute Gasteiger partial charge is 0.462 e. The highest BCUT2D eigenvalue weighted by Gasteiger charge is 2.46. The van der Waals surface area contributed by atoms with Gasteiger partial charge in [0.05, 0.1) is 6.61 Å². The molecule has 12 nitrogen and oxygen atoms in total. The maximum atomic E-state index is 12.8. The van der Waals surface area contributed by atoms with Crippen LogP contribution in [0.1, 0.15) is 129 Å². The number of hydrogen-bond donors (Lipinski definition) is 4. The molecule has 1 fully saturated rings. The van der Waals surface area contributed by atoms with Crippen molar-refractivity contribution in [2.24, 2.45) is 0 Å². The molecule has 0 aromatic rings. The fourth-order valence-corrected chi connectivity index (χ4v) is 6.46. The highest BCUT2D eigenvalue weighted by Crippen LogP contribution is 2.24. The van der Waals surface area contributed by atoms with Crippen molar-refractivity contribution in [2.45, 2.75) is 166 Å². The molecule has 6 atom stereocenters. The first-order valence-corrected chi connectivity index (χ1v) is 23.4. The fraction of sp³-hybridized carbons (Fsp3) is 0.617. The summed E-state index contributed by atoms with van der Waals surface area (Å²) in [5, 5.41) is 30.9. The molecule has 0 aromatic heterocycles. The van der Waals surface area contributed by atoms with E-state index in [1.165, 1.54) is 6.42 Å². The van der Waals surface area contributed by atoms with Crippen molar-refractivity contribution in [3.05, 3.63) is 97.2 Å². The molecule has 0 aromatic carbocycles. The Hall–Kier alpha value is -3.43.